The molecule has 2 amide bonds. The molecule has 0 aliphatic carbocycles. The Kier molecular flexibility index (Phi) is 9.24. The number of hydrogen-bond donors (Lipinski definition) is 3. The van der Waals surface area contributed by atoms with Crippen molar-refractivity contribution in [1.82, 2.24) is 5.32 Å². The summed E-state index contributed by atoms with van der Waals surface area (Å²) in [6.07, 6.45) is 1.44. The van der Waals surface area contributed by atoms with E-state index in [1.165, 1.54) is 0 Å². The quantitative estimate of drug-likeness (QED) is 0.710. The Hall–Kier alpha value is -1.11. The summed E-state index contributed by atoms with van der Waals surface area (Å²) in [6.45, 7) is 3.77. The van der Waals surface area contributed by atoms with Gasteiger partial charge < -0.3 is 16.4 Å². The lowest BCUT2D eigenvalue weighted by Crippen LogP contribution is -2.43. The number of carbonyl (C=O) groups excluding carboxylic acids is 2. The van der Waals surface area contributed by atoms with Gasteiger partial charge in [0.25, 0.3) is 0 Å². The summed E-state index contributed by atoms with van der Waals surface area (Å²) in [7, 11) is 0. The fourth-order valence-electron chi connectivity index (χ4n) is 1.66. The van der Waals surface area contributed by atoms with Crippen LogP contribution in [-0.4, -0.2) is 24.4 Å². The van der Waals surface area contributed by atoms with Crippen LogP contribution in [-0.2, 0) is 9.59 Å². The SMILES string of the molecule is CCCC(N)C(=O)NCC(=O)Nc1cc(Br)ccc1C.Cl. The number of nitrogens with two attached hydrogens (primary N) is 1. The van der Waals surface area contributed by atoms with Gasteiger partial charge in [0.05, 0.1) is 12.6 Å². The third-order valence-electron chi connectivity index (χ3n) is 2.83. The van der Waals surface area contributed by atoms with Crippen molar-refractivity contribution < 1.29 is 9.59 Å². The molecule has 0 fully saturated rings. The lowest BCUT2D eigenvalue weighted by molar-refractivity contribution is -0.125. The third-order valence-corrected chi connectivity index (χ3v) is 3.33. The first-order valence-corrected chi connectivity index (χ1v) is 7.32. The maximum absolute atomic E-state index is 11.8. The Balaban J connectivity index is 0.00000400. The molecule has 0 aliphatic rings. The molecule has 0 aliphatic heterocycles. The highest BCUT2D eigenvalue weighted by atomic mass is 79.9. The van der Waals surface area contributed by atoms with E-state index in [1.807, 2.05) is 32.0 Å². The van der Waals surface area contributed by atoms with E-state index in [0.717, 1.165) is 22.1 Å². The minimum Gasteiger partial charge on any atom is -0.346 e. The number of rotatable bonds is 6. The van der Waals surface area contributed by atoms with Gasteiger partial charge in [-0.2, -0.15) is 0 Å². The van der Waals surface area contributed by atoms with Crippen LogP contribution in [0, 0.1) is 6.92 Å². The molecule has 0 bridgehead atoms. The van der Waals surface area contributed by atoms with Gasteiger partial charge in [-0.25, -0.2) is 0 Å². The minimum atomic E-state index is -0.555. The fourth-order valence-corrected chi connectivity index (χ4v) is 2.02. The number of benzene rings is 1. The first-order chi connectivity index (χ1) is 9.43. The van der Waals surface area contributed by atoms with Crippen molar-refractivity contribution >= 4 is 45.8 Å². The molecule has 1 aromatic rings. The zero-order valence-electron chi connectivity index (χ0n) is 12.1. The van der Waals surface area contributed by atoms with Gasteiger partial charge in [-0.05, 0) is 31.0 Å². The lowest BCUT2D eigenvalue weighted by atomic mass is 10.1. The van der Waals surface area contributed by atoms with Gasteiger partial charge in [-0.3, -0.25) is 9.59 Å². The van der Waals surface area contributed by atoms with Gasteiger partial charge in [0.15, 0.2) is 0 Å². The maximum Gasteiger partial charge on any atom is 0.243 e. The molecular formula is C14H21BrClN3O2. The van der Waals surface area contributed by atoms with Crippen molar-refractivity contribution in [2.45, 2.75) is 32.7 Å². The third kappa shape index (κ3) is 6.93. The van der Waals surface area contributed by atoms with Gasteiger partial charge in [0.2, 0.25) is 11.8 Å². The molecular weight excluding hydrogens is 358 g/mol. The van der Waals surface area contributed by atoms with Crippen molar-refractivity contribution in [1.29, 1.82) is 0 Å². The molecule has 1 aromatic carbocycles. The Labute approximate surface area is 139 Å². The molecule has 1 rings (SSSR count). The summed E-state index contributed by atoms with van der Waals surface area (Å²) >= 11 is 3.35. The predicted molar refractivity (Wildman–Crippen MR) is 90.6 cm³/mol. The van der Waals surface area contributed by atoms with Crippen molar-refractivity contribution in [2.75, 3.05) is 11.9 Å². The first-order valence-electron chi connectivity index (χ1n) is 6.53. The largest absolute Gasteiger partial charge is 0.346 e. The van der Waals surface area contributed by atoms with Crippen LogP contribution in [0.2, 0.25) is 0 Å². The molecule has 0 spiro atoms. The van der Waals surface area contributed by atoms with Crippen molar-refractivity contribution in [2.24, 2.45) is 5.73 Å². The molecule has 0 heterocycles. The van der Waals surface area contributed by atoms with Crippen molar-refractivity contribution in [3.8, 4) is 0 Å². The second-order valence-electron chi connectivity index (χ2n) is 4.62. The molecule has 21 heavy (non-hydrogen) atoms. The Bertz CT molecular complexity index is 497. The average molecular weight is 379 g/mol. The number of carbonyl (C=O) groups is 2. The molecule has 0 aromatic heterocycles. The van der Waals surface area contributed by atoms with Crippen LogP contribution in [0.5, 0.6) is 0 Å². The average Bonchev–Trinajstić information content (AvgIpc) is 2.40. The van der Waals surface area contributed by atoms with Crippen LogP contribution in [0.3, 0.4) is 0 Å². The lowest BCUT2D eigenvalue weighted by Gasteiger charge is -2.12. The first kappa shape index (κ1) is 19.9. The molecule has 0 saturated carbocycles. The monoisotopic (exact) mass is 377 g/mol. The normalized spacial score (nSPS) is 11.2. The number of hydrogen-bond acceptors (Lipinski definition) is 3. The summed E-state index contributed by atoms with van der Waals surface area (Å²) in [5.74, 6) is -0.573. The van der Waals surface area contributed by atoms with E-state index in [-0.39, 0.29) is 30.8 Å². The summed E-state index contributed by atoms with van der Waals surface area (Å²) in [5, 5.41) is 5.29. The Morgan fingerprint density at radius 2 is 2.05 bits per heavy atom. The molecule has 0 saturated heterocycles. The predicted octanol–water partition coefficient (Wildman–Crippen LogP) is 2.36. The maximum atomic E-state index is 11.8. The molecule has 5 nitrogen and oxygen atoms in total. The van der Waals surface area contributed by atoms with Crippen molar-refractivity contribution in [3.63, 3.8) is 0 Å². The van der Waals surface area contributed by atoms with Crippen molar-refractivity contribution in [3.05, 3.63) is 28.2 Å². The van der Waals surface area contributed by atoms with Gasteiger partial charge in [0.1, 0.15) is 0 Å². The molecule has 4 N–H and O–H groups in total. The van der Waals surface area contributed by atoms with Crippen LogP contribution in [0.1, 0.15) is 25.3 Å². The number of anilines is 1. The number of nitrogens with one attached hydrogen (secondary N) is 2. The van der Waals surface area contributed by atoms with E-state index in [4.69, 9.17) is 5.73 Å². The van der Waals surface area contributed by atoms with Gasteiger partial charge in [0, 0.05) is 10.2 Å². The van der Waals surface area contributed by atoms with E-state index in [2.05, 4.69) is 26.6 Å². The van der Waals surface area contributed by atoms with Gasteiger partial charge in [-0.15, -0.1) is 12.4 Å². The highest BCUT2D eigenvalue weighted by Crippen LogP contribution is 2.20. The Morgan fingerprint density at radius 3 is 2.67 bits per heavy atom. The second-order valence-corrected chi connectivity index (χ2v) is 5.54. The van der Waals surface area contributed by atoms with E-state index in [9.17, 15) is 9.59 Å². The molecule has 0 radical (unpaired) electrons. The molecule has 118 valence electrons. The highest BCUT2D eigenvalue weighted by molar-refractivity contribution is 9.10. The second kappa shape index (κ2) is 9.76. The zero-order valence-corrected chi connectivity index (χ0v) is 14.5. The van der Waals surface area contributed by atoms with Crippen LogP contribution in [0.15, 0.2) is 22.7 Å². The Morgan fingerprint density at radius 1 is 1.38 bits per heavy atom. The van der Waals surface area contributed by atoms with Crippen LogP contribution in [0.4, 0.5) is 5.69 Å². The zero-order chi connectivity index (χ0) is 15.1. The van der Waals surface area contributed by atoms with E-state index in [1.54, 1.807) is 0 Å². The van der Waals surface area contributed by atoms with E-state index < -0.39 is 6.04 Å². The standard InChI is InChI=1S/C14H20BrN3O2.ClH/c1-3-4-11(16)14(20)17-8-13(19)18-12-7-10(15)6-5-9(12)2;/h5-7,11H,3-4,8,16H2,1-2H3,(H,17,20)(H,18,19);1H. The minimum absolute atomic E-state index is 0. The summed E-state index contributed by atoms with van der Waals surface area (Å²) in [4.78, 5) is 23.4. The van der Waals surface area contributed by atoms with Gasteiger partial charge >= 0.3 is 0 Å². The van der Waals surface area contributed by atoms with E-state index in [0.29, 0.717) is 6.42 Å². The molecule has 7 heteroatoms. The summed E-state index contributed by atoms with van der Waals surface area (Å²) in [5.41, 5.74) is 7.33. The number of aryl methyl sites for hydroxylation is 1. The van der Waals surface area contributed by atoms with Crippen LogP contribution in [0.25, 0.3) is 0 Å². The summed E-state index contributed by atoms with van der Waals surface area (Å²) < 4.78 is 0.882. The summed E-state index contributed by atoms with van der Waals surface area (Å²) in [6, 6.07) is 5.06. The number of halogens is 2. The fraction of sp³-hybridized carbons (Fsp3) is 0.429. The topological polar surface area (TPSA) is 84.2 Å². The van der Waals surface area contributed by atoms with Gasteiger partial charge in [-0.1, -0.05) is 35.3 Å². The van der Waals surface area contributed by atoms with Crippen LogP contribution < -0.4 is 16.4 Å². The molecule has 1 atom stereocenters. The molecule has 1 unspecified atom stereocenters. The van der Waals surface area contributed by atoms with E-state index >= 15 is 0 Å². The number of amides is 2. The smallest absolute Gasteiger partial charge is 0.243 e. The van der Waals surface area contributed by atoms with Crippen LogP contribution >= 0.6 is 28.3 Å². The highest BCUT2D eigenvalue weighted by Gasteiger charge is 2.13.